The van der Waals surface area contributed by atoms with Crippen molar-refractivity contribution in [2.24, 2.45) is 0 Å². The first-order chi connectivity index (χ1) is 10.5. The number of benzene rings is 1. The minimum absolute atomic E-state index is 0.0250. The Bertz CT molecular complexity index is 631. The summed E-state index contributed by atoms with van der Waals surface area (Å²) in [5, 5.41) is 10.3. The van der Waals surface area contributed by atoms with Gasteiger partial charge in [0.1, 0.15) is 5.82 Å². The molecular formula is C16H22N4OS. The third kappa shape index (κ3) is 3.88. The van der Waals surface area contributed by atoms with Gasteiger partial charge in [0, 0.05) is 5.69 Å². The topological polar surface area (TPSA) is 70.7 Å². The van der Waals surface area contributed by atoms with Gasteiger partial charge in [-0.25, -0.2) is 4.98 Å². The summed E-state index contributed by atoms with van der Waals surface area (Å²) in [5.74, 6) is 0.725. The van der Waals surface area contributed by atoms with Gasteiger partial charge in [0.25, 0.3) is 0 Å². The lowest BCUT2D eigenvalue weighted by Crippen LogP contribution is -2.24. The average molecular weight is 318 g/mol. The van der Waals surface area contributed by atoms with E-state index in [-0.39, 0.29) is 11.2 Å². The van der Waals surface area contributed by atoms with Crippen LogP contribution in [0.25, 0.3) is 0 Å². The lowest BCUT2D eigenvalue weighted by molar-refractivity contribution is -0.115. The van der Waals surface area contributed by atoms with Crippen LogP contribution in [0.15, 0.2) is 23.4 Å². The summed E-state index contributed by atoms with van der Waals surface area (Å²) < 4.78 is 0. The standard InChI is InChI=1S/C16H22N4OS/c1-5-12-8-7-9-13(6-2)14(12)18-15(21)10(3)22-16-17-11(4)19-20-16/h7-10H,5-6H2,1-4H3,(H,18,21)(H,17,19,20). The first-order valence-corrected chi connectivity index (χ1v) is 8.40. The zero-order valence-corrected chi connectivity index (χ0v) is 14.3. The highest BCUT2D eigenvalue weighted by Crippen LogP contribution is 2.25. The van der Waals surface area contributed by atoms with Gasteiger partial charge in [0.2, 0.25) is 11.1 Å². The van der Waals surface area contributed by atoms with Crippen LogP contribution in [-0.4, -0.2) is 26.3 Å². The van der Waals surface area contributed by atoms with E-state index in [2.05, 4.69) is 46.5 Å². The van der Waals surface area contributed by atoms with Crippen LogP contribution in [0.3, 0.4) is 0 Å². The van der Waals surface area contributed by atoms with Crippen molar-refractivity contribution < 1.29 is 4.79 Å². The van der Waals surface area contributed by atoms with Gasteiger partial charge in [0.05, 0.1) is 5.25 Å². The maximum absolute atomic E-state index is 12.5. The number of para-hydroxylation sites is 1. The zero-order valence-electron chi connectivity index (χ0n) is 13.4. The molecule has 0 bridgehead atoms. The van der Waals surface area contributed by atoms with Crippen molar-refractivity contribution in [3.05, 3.63) is 35.2 Å². The summed E-state index contributed by atoms with van der Waals surface area (Å²) in [6.07, 6.45) is 1.79. The number of thioether (sulfide) groups is 1. The monoisotopic (exact) mass is 318 g/mol. The number of rotatable bonds is 6. The number of H-pyrrole nitrogens is 1. The first-order valence-electron chi connectivity index (χ1n) is 7.52. The molecule has 0 aliphatic carbocycles. The lowest BCUT2D eigenvalue weighted by atomic mass is 10.0. The van der Waals surface area contributed by atoms with Gasteiger partial charge >= 0.3 is 0 Å². The first kappa shape index (κ1) is 16.5. The third-order valence-electron chi connectivity index (χ3n) is 3.48. The molecule has 0 saturated heterocycles. The highest BCUT2D eigenvalue weighted by Gasteiger charge is 2.19. The normalized spacial score (nSPS) is 12.2. The smallest absolute Gasteiger partial charge is 0.237 e. The number of hydrogen-bond acceptors (Lipinski definition) is 4. The van der Waals surface area contributed by atoms with Gasteiger partial charge < -0.3 is 5.32 Å². The maximum Gasteiger partial charge on any atom is 0.237 e. The van der Waals surface area contributed by atoms with Crippen molar-refractivity contribution >= 4 is 23.4 Å². The molecule has 22 heavy (non-hydrogen) atoms. The van der Waals surface area contributed by atoms with Gasteiger partial charge in [-0.2, -0.15) is 0 Å². The van der Waals surface area contributed by atoms with Crippen LogP contribution in [0, 0.1) is 6.92 Å². The summed E-state index contributed by atoms with van der Waals surface area (Å²) in [4.78, 5) is 16.7. The summed E-state index contributed by atoms with van der Waals surface area (Å²) >= 11 is 1.35. The zero-order chi connectivity index (χ0) is 16.1. The number of aromatic amines is 1. The van der Waals surface area contributed by atoms with E-state index in [4.69, 9.17) is 0 Å². The van der Waals surface area contributed by atoms with E-state index < -0.39 is 0 Å². The average Bonchev–Trinajstić information content (AvgIpc) is 2.92. The molecular weight excluding hydrogens is 296 g/mol. The molecule has 0 radical (unpaired) electrons. The SMILES string of the molecule is CCc1cccc(CC)c1NC(=O)C(C)Sc1n[nH]c(C)n1. The number of nitrogens with one attached hydrogen (secondary N) is 2. The second-order valence-corrected chi connectivity index (χ2v) is 6.42. The summed E-state index contributed by atoms with van der Waals surface area (Å²) in [7, 11) is 0. The minimum atomic E-state index is -0.259. The highest BCUT2D eigenvalue weighted by atomic mass is 32.2. The Balaban J connectivity index is 2.11. The van der Waals surface area contributed by atoms with Crippen molar-refractivity contribution in [3.8, 4) is 0 Å². The quantitative estimate of drug-likeness (QED) is 0.801. The number of aryl methyl sites for hydroxylation is 3. The van der Waals surface area contributed by atoms with Crippen LogP contribution in [0.4, 0.5) is 5.69 Å². The lowest BCUT2D eigenvalue weighted by Gasteiger charge is -2.16. The van der Waals surface area contributed by atoms with E-state index in [0.29, 0.717) is 5.16 Å². The van der Waals surface area contributed by atoms with Crippen LogP contribution >= 0.6 is 11.8 Å². The second-order valence-electron chi connectivity index (χ2n) is 5.11. The molecule has 1 aromatic carbocycles. The van der Waals surface area contributed by atoms with E-state index in [1.54, 1.807) is 0 Å². The second kappa shape index (κ2) is 7.45. The molecule has 1 aromatic heterocycles. The Morgan fingerprint density at radius 1 is 1.32 bits per heavy atom. The summed E-state index contributed by atoms with van der Waals surface area (Å²) in [5.41, 5.74) is 3.29. The fourth-order valence-electron chi connectivity index (χ4n) is 2.21. The molecule has 5 nitrogen and oxygen atoms in total. The number of amides is 1. The molecule has 0 saturated carbocycles. The Morgan fingerprint density at radius 2 is 1.95 bits per heavy atom. The molecule has 0 aliphatic rings. The number of nitrogens with zero attached hydrogens (tertiary/aromatic N) is 2. The molecule has 0 fully saturated rings. The number of aromatic nitrogens is 3. The van der Waals surface area contributed by atoms with Crippen molar-refractivity contribution in [2.75, 3.05) is 5.32 Å². The number of carbonyl (C=O) groups is 1. The molecule has 0 spiro atoms. The summed E-state index contributed by atoms with van der Waals surface area (Å²) in [6, 6.07) is 6.17. The Hall–Kier alpha value is -1.82. The third-order valence-corrected chi connectivity index (χ3v) is 4.44. The maximum atomic E-state index is 12.5. The van der Waals surface area contributed by atoms with E-state index in [1.165, 1.54) is 22.9 Å². The molecule has 0 aliphatic heterocycles. The van der Waals surface area contributed by atoms with Crippen LogP contribution in [-0.2, 0) is 17.6 Å². The molecule has 118 valence electrons. The molecule has 1 heterocycles. The molecule has 2 N–H and O–H groups in total. The number of carbonyl (C=O) groups excluding carboxylic acids is 1. The van der Waals surface area contributed by atoms with E-state index in [1.807, 2.05) is 19.9 Å². The molecule has 2 rings (SSSR count). The molecule has 1 atom stereocenters. The number of anilines is 1. The fourth-order valence-corrected chi connectivity index (χ4v) is 2.98. The van der Waals surface area contributed by atoms with Crippen LogP contribution < -0.4 is 5.32 Å². The van der Waals surface area contributed by atoms with Gasteiger partial charge in [-0.15, -0.1) is 5.10 Å². The van der Waals surface area contributed by atoms with Crippen molar-refractivity contribution in [2.45, 2.75) is 50.9 Å². The van der Waals surface area contributed by atoms with Crippen molar-refractivity contribution in [1.29, 1.82) is 0 Å². The van der Waals surface area contributed by atoms with Crippen molar-refractivity contribution in [3.63, 3.8) is 0 Å². The van der Waals surface area contributed by atoms with Gasteiger partial charge in [-0.3, -0.25) is 9.89 Å². The molecule has 2 aromatic rings. The summed E-state index contributed by atoms with van der Waals surface area (Å²) in [6.45, 7) is 7.90. The van der Waals surface area contributed by atoms with Gasteiger partial charge in [0.15, 0.2) is 0 Å². The van der Waals surface area contributed by atoms with Crippen LogP contribution in [0.1, 0.15) is 37.7 Å². The van der Waals surface area contributed by atoms with Crippen LogP contribution in [0.2, 0.25) is 0 Å². The van der Waals surface area contributed by atoms with Crippen molar-refractivity contribution in [1.82, 2.24) is 15.2 Å². The number of hydrogen-bond donors (Lipinski definition) is 2. The van der Waals surface area contributed by atoms with E-state index in [0.717, 1.165) is 24.4 Å². The highest BCUT2D eigenvalue weighted by molar-refractivity contribution is 8.00. The van der Waals surface area contributed by atoms with E-state index in [9.17, 15) is 4.79 Å². The van der Waals surface area contributed by atoms with Crippen LogP contribution in [0.5, 0.6) is 0 Å². The Kier molecular flexibility index (Phi) is 5.60. The van der Waals surface area contributed by atoms with Gasteiger partial charge in [-0.1, -0.05) is 43.8 Å². The Labute approximate surface area is 135 Å². The predicted molar refractivity (Wildman–Crippen MR) is 90.3 cm³/mol. The van der Waals surface area contributed by atoms with E-state index >= 15 is 0 Å². The van der Waals surface area contributed by atoms with Gasteiger partial charge in [-0.05, 0) is 37.8 Å². The molecule has 1 unspecified atom stereocenters. The molecule has 1 amide bonds. The minimum Gasteiger partial charge on any atom is -0.325 e. The fraction of sp³-hybridized carbons (Fsp3) is 0.438. The largest absolute Gasteiger partial charge is 0.325 e. The predicted octanol–water partition coefficient (Wildman–Crippen LogP) is 3.36. The molecule has 6 heteroatoms. The Morgan fingerprint density at radius 3 is 2.45 bits per heavy atom.